The lowest BCUT2D eigenvalue weighted by Crippen LogP contribution is -2.32. The fraction of sp³-hybridized carbons (Fsp3) is 0.348. The summed E-state index contributed by atoms with van der Waals surface area (Å²) in [5.74, 6) is -0.365. The van der Waals surface area contributed by atoms with Gasteiger partial charge in [-0.05, 0) is 49.7 Å². The van der Waals surface area contributed by atoms with Crippen LogP contribution in [0.5, 0.6) is 5.75 Å². The lowest BCUT2D eigenvalue weighted by atomic mass is 10.1. The van der Waals surface area contributed by atoms with Crippen LogP contribution < -0.4 is 14.4 Å². The number of benzene rings is 2. The molecule has 0 radical (unpaired) electrons. The normalized spacial score (nSPS) is 11.5. The van der Waals surface area contributed by atoms with Gasteiger partial charge < -0.3 is 24.4 Å². The first-order valence-corrected chi connectivity index (χ1v) is 12.5. The Hall–Kier alpha value is -3.24. The maximum atomic E-state index is 11.7. The number of sulfonamides is 1. The minimum atomic E-state index is -3.46. The third-order valence-corrected chi connectivity index (χ3v) is 5.94. The zero-order valence-corrected chi connectivity index (χ0v) is 19.7. The van der Waals surface area contributed by atoms with Crippen LogP contribution >= 0.6 is 0 Å². The van der Waals surface area contributed by atoms with Crippen molar-refractivity contribution in [2.45, 2.75) is 20.4 Å². The summed E-state index contributed by atoms with van der Waals surface area (Å²) in [5, 5.41) is 19.9. The zero-order valence-electron chi connectivity index (χ0n) is 18.9. The molecule has 0 fully saturated rings. The number of hydrogen-bond acceptors (Lipinski definition) is 6. The number of aromatic carboxylic acids is 1. The highest BCUT2D eigenvalue weighted by Gasteiger charge is 2.19. The Bertz CT molecular complexity index is 1250. The number of rotatable bonds is 11. The third kappa shape index (κ3) is 5.58. The molecule has 2 aromatic carbocycles. The van der Waals surface area contributed by atoms with Crippen LogP contribution in [0.3, 0.4) is 0 Å². The molecule has 3 aromatic rings. The molecule has 10 heteroatoms. The van der Waals surface area contributed by atoms with E-state index in [4.69, 9.17) is 4.74 Å². The van der Waals surface area contributed by atoms with Gasteiger partial charge >= 0.3 is 5.97 Å². The summed E-state index contributed by atoms with van der Waals surface area (Å²) in [6, 6.07) is 12.5. The molecule has 3 rings (SSSR count). The number of carboxylic acids is 1. The largest absolute Gasteiger partial charge is 0.492 e. The highest BCUT2D eigenvalue weighted by atomic mass is 32.2. The number of para-hydroxylation sites is 2. The predicted molar refractivity (Wildman–Crippen MR) is 129 cm³/mol. The predicted octanol–water partition coefficient (Wildman–Crippen LogP) is 2.92. The number of nitrogens with zero attached hydrogens (tertiary/aromatic N) is 2. The Morgan fingerprint density at radius 3 is 2.55 bits per heavy atom. The van der Waals surface area contributed by atoms with Crippen LogP contribution in [0.25, 0.3) is 10.9 Å². The van der Waals surface area contributed by atoms with Crippen LogP contribution in [0.1, 0.15) is 23.0 Å². The average Bonchev–Trinajstić information content (AvgIpc) is 3.04. The quantitative estimate of drug-likeness (QED) is 0.390. The molecule has 0 saturated heterocycles. The van der Waals surface area contributed by atoms with E-state index in [2.05, 4.69) is 4.72 Å². The summed E-state index contributed by atoms with van der Waals surface area (Å²) in [5.41, 5.74) is 2.86. The number of nitrogens with one attached hydrogen (secondary N) is 1. The van der Waals surface area contributed by atoms with E-state index in [0.29, 0.717) is 42.3 Å². The van der Waals surface area contributed by atoms with Crippen molar-refractivity contribution >= 4 is 38.3 Å². The molecule has 0 unspecified atom stereocenters. The van der Waals surface area contributed by atoms with Gasteiger partial charge in [-0.2, -0.15) is 0 Å². The minimum absolute atomic E-state index is 0.110. The third-order valence-electron chi connectivity index (χ3n) is 5.35. The Kier molecular flexibility index (Phi) is 7.50. The number of hydrogen-bond donors (Lipinski definition) is 3. The van der Waals surface area contributed by atoms with E-state index < -0.39 is 16.0 Å². The molecule has 0 bridgehead atoms. The second kappa shape index (κ2) is 10.1. The molecule has 0 saturated carbocycles. The van der Waals surface area contributed by atoms with E-state index in [1.54, 1.807) is 41.8 Å². The van der Waals surface area contributed by atoms with Gasteiger partial charge in [0.15, 0.2) is 0 Å². The number of aliphatic hydroxyl groups excluding tert-OH is 1. The number of aryl methyl sites for hydroxylation is 2. The molecule has 1 heterocycles. The number of aliphatic hydroxyl groups is 1. The first kappa shape index (κ1) is 24.4. The lowest BCUT2D eigenvalue weighted by molar-refractivity contribution is 0.0685. The molecule has 0 amide bonds. The van der Waals surface area contributed by atoms with Gasteiger partial charge in [0, 0.05) is 24.0 Å². The van der Waals surface area contributed by atoms with Gasteiger partial charge in [0.05, 0.1) is 30.8 Å². The summed E-state index contributed by atoms with van der Waals surface area (Å²) in [6.45, 7) is 5.10. The van der Waals surface area contributed by atoms with Crippen LogP contribution in [0, 0.1) is 6.92 Å². The molecular weight excluding hydrogens is 446 g/mol. The number of carbonyl (C=O) groups is 1. The summed E-state index contributed by atoms with van der Waals surface area (Å²) in [6.07, 6.45) is 1.09. The first-order valence-electron chi connectivity index (χ1n) is 10.6. The van der Waals surface area contributed by atoms with Gasteiger partial charge in [0.25, 0.3) is 0 Å². The van der Waals surface area contributed by atoms with E-state index in [-0.39, 0.29) is 18.9 Å². The standard InChI is InChI=1S/C23H29N3O6S/c1-4-26-20-10-9-17(15-18(20)16(2)22(26)23(28)29)32-14-12-25(11-13-27)21-8-6-5-7-19(21)24-33(3,30)31/h5-10,15,24,27H,4,11-14H2,1-3H3,(H,28,29). The second-order valence-electron chi connectivity index (χ2n) is 7.65. The summed E-state index contributed by atoms with van der Waals surface area (Å²) in [4.78, 5) is 13.5. The molecule has 0 spiro atoms. The van der Waals surface area contributed by atoms with Crippen molar-refractivity contribution in [1.29, 1.82) is 0 Å². The summed E-state index contributed by atoms with van der Waals surface area (Å²) >= 11 is 0. The van der Waals surface area contributed by atoms with E-state index in [9.17, 15) is 23.4 Å². The molecule has 0 aliphatic heterocycles. The van der Waals surface area contributed by atoms with Crippen LogP contribution in [0.4, 0.5) is 11.4 Å². The lowest BCUT2D eigenvalue weighted by Gasteiger charge is -2.26. The fourth-order valence-corrected chi connectivity index (χ4v) is 4.55. The molecule has 0 aliphatic carbocycles. The molecule has 0 aliphatic rings. The van der Waals surface area contributed by atoms with Crippen molar-refractivity contribution in [2.75, 3.05) is 42.2 Å². The summed E-state index contributed by atoms with van der Waals surface area (Å²) < 4.78 is 33.6. The number of aromatic nitrogens is 1. The molecule has 9 nitrogen and oxygen atoms in total. The highest BCUT2D eigenvalue weighted by Crippen LogP contribution is 2.30. The van der Waals surface area contributed by atoms with E-state index >= 15 is 0 Å². The number of carboxylic acid groups (broad SMARTS) is 1. The molecule has 33 heavy (non-hydrogen) atoms. The minimum Gasteiger partial charge on any atom is -0.492 e. The van der Waals surface area contributed by atoms with Crippen molar-refractivity contribution in [1.82, 2.24) is 4.57 Å². The van der Waals surface area contributed by atoms with Crippen LogP contribution in [0.15, 0.2) is 42.5 Å². The fourth-order valence-electron chi connectivity index (χ4n) is 3.98. The van der Waals surface area contributed by atoms with Gasteiger partial charge in [0.2, 0.25) is 10.0 Å². The smallest absolute Gasteiger partial charge is 0.352 e. The average molecular weight is 476 g/mol. The monoisotopic (exact) mass is 475 g/mol. The van der Waals surface area contributed by atoms with Crippen molar-refractivity contribution in [2.24, 2.45) is 0 Å². The van der Waals surface area contributed by atoms with E-state index in [0.717, 1.165) is 17.2 Å². The Labute approximate surface area is 193 Å². The maximum Gasteiger partial charge on any atom is 0.352 e. The Morgan fingerprint density at radius 1 is 1.18 bits per heavy atom. The maximum absolute atomic E-state index is 11.7. The first-order chi connectivity index (χ1) is 15.7. The molecular formula is C23H29N3O6S. The Balaban J connectivity index is 1.79. The molecule has 0 atom stereocenters. The van der Waals surface area contributed by atoms with Gasteiger partial charge in [-0.15, -0.1) is 0 Å². The molecule has 178 valence electrons. The molecule has 1 aromatic heterocycles. The number of anilines is 2. The van der Waals surface area contributed by atoms with Gasteiger partial charge in [-0.25, -0.2) is 13.2 Å². The van der Waals surface area contributed by atoms with Gasteiger partial charge in [0.1, 0.15) is 18.1 Å². The van der Waals surface area contributed by atoms with Crippen molar-refractivity contribution in [3.8, 4) is 5.75 Å². The Morgan fingerprint density at radius 2 is 1.91 bits per heavy atom. The second-order valence-corrected chi connectivity index (χ2v) is 9.40. The van der Waals surface area contributed by atoms with E-state index in [1.807, 2.05) is 24.0 Å². The molecule has 3 N–H and O–H groups in total. The number of ether oxygens (including phenoxy) is 1. The van der Waals surface area contributed by atoms with Crippen molar-refractivity contribution in [3.05, 3.63) is 53.7 Å². The highest BCUT2D eigenvalue weighted by molar-refractivity contribution is 7.92. The van der Waals surface area contributed by atoms with Crippen LogP contribution in [-0.2, 0) is 16.6 Å². The number of fused-ring (bicyclic) bond motifs is 1. The van der Waals surface area contributed by atoms with E-state index in [1.165, 1.54) is 0 Å². The van der Waals surface area contributed by atoms with Crippen molar-refractivity contribution in [3.63, 3.8) is 0 Å². The van der Waals surface area contributed by atoms with Gasteiger partial charge in [-0.3, -0.25) is 4.72 Å². The zero-order chi connectivity index (χ0) is 24.2. The summed E-state index contributed by atoms with van der Waals surface area (Å²) in [7, 11) is -3.46. The SMILES string of the molecule is CCn1c(C(=O)O)c(C)c2cc(OCCN(CCO)c3ccccc3NS(C)(=O)=O)ccc21. The van der Waals surface area contributed by atoms with Crippen molar-refractivity contribution < 1.29 is 28.2 Å². The topological polar surface area (TPSA) is 121 Å². The van der Waals surface area contributed by atoms with Crippen LogP contribution in [-0.4, -0.2) is 61.7 Å². The van der Waals surface area contributed by atoms with Gasteiger partial charge in [-0.1, -0.05) is 12.1 Å². The van der Waals surface area contributed by atoms with Crippen LogP contribution in [0.2, 0.25) is 0 Å².